The van der Waals surface area contributed by atoms with Crippen molar-refractivity contribution in [1.29, 1.82) is 0 Å². The molecular formula is C25H23N3O4. The molecule has 4 amide bonds. The number of fused-ring (bicyclic) bond motifs is 2. The average molecular weight is 429 g/mol. The zero-order valence-corrected chi connectivity index (χ0v) is 17.6. The summed E-state index contributed by atoms with van der Waals surface area (Å²) < 4.78 is 0. The van der Waals surface area contributed by atoms with E-state index in [0.717, 1.165) is 27.3 Å². The number of carbonyl (C=O) groups excluding carboxylic acids is 4. The molecule has 2 heterocycles. The molecule has 0 atom stereocenters. The summed E-state index contributed by atoms with van der Waals surface area (Å²) >= 11 is 0. The third kappa shape index (κ3) is 4.70. The van der Waals surface area contributed by atoms with Crippen molar-refractivity contribution in [3.8, 4) is 11.8 Å². The first-order valence-corrected chi connectivity index (χ1v) is 10.6. The van der Waals surface area contributed by atoms with E-state index in [9.17, 15) is 19.2 Å². The van der Waals surface area contributed by atoms with Crippen LogP contribution in [0, 0.1) is 11.8 Å². The van der Waals surface area contributed by atoms with Crippen LogP contribution < -0.4 is 10.2 Å². The molecule has 7 heteroatoms. The minimum Gasteiger partial charge on any atom is -0.356 e. The lowest BCUT2D eigenvalue weighted by Crippen LogP contribution is -2.37. The second kappa shape index (κ2) is 9.48. The van der Waals surface area contributed by atoms with Gasteiger partial charge in [0.1, 0.15) is 0 Å². The summed E-state index contributed by atoms with van der Waals surface area (Å²) in [6, 6.07) is 15.3. The first-order chi connectivity index (χ1) is 15.5. The SMILES string of the molecule is O=C(CCN1C(=O)CCC1=O)NCCC(=O)N1Cc2ccccc2C#Cc2ccccc21. The van der Waals surface area contributed by atoms with E-state index in [1.165, 1.54) is 0 Å². The first kappa shape index (κ1) is 21.3. The van der Waals surface area contributed by atoms with Gasteiger partial charge in [-0.15, -0.1) is 0 Å². The molecule has 0 saturated carbocycles. The molecule has 1 N–H and O–H groups in total. The first-order valence-electron chi connectivity index (χ1n) is 10.6. The number of anilines is 1. The number of likely N-dealkylation sites (tertiary alicyclic amines) is 1. The van der Waals surface area contributed by atoms with Crippen molar-refractivity contribution in [3.05, 3.63) is 65.2 Å². The van der Waals surface area contributed by atoms with Crippen molar-refractivity contribution >= 4 is 29.3 Å². The van der Waals surface area contributed by atoms with E-state index in [0.29, 0.717) is 6.54 Å². The van der Waals surface area contributed by atoms with Gasteiger partial charge in [-0.05, 0) is 23.8 Å². The Kier molecular flexibility index (Phi) is 6.31. The number of carbonyl (C=O) groups is 4. The lowest BCUT2D eigenvalue weighted by molar-refractivity contribution is -0.138. The van der Waals surface area contributed by atoms with Crippen LogP contribution in [0.25, 0.3) is 0 Å². The van der Waals surface area contributed by atoms with Gasteiger partial charge in [0.15, 0.2) is 0 Å². The van der Waals surface area contributed by atoms with Crippen LogP contribution >= 0.6 is 0 Å². The third-order valence-corrected chi connectivity index (χ3v) is 5.55. The minimum absolute atomic E-state index is 0.0290. The molecule has 2 aliphatic heterocycles. The topological polar surface area (TPSA) is 86.8 Å². The minimum atomic E-state index is -0.297. The van der Waals surface area contributed by atoms with E-state index in [1.54, 1.807) is 4.90 Å². The van der Waals surface area contributed by atoms with Gasteiger partial charge in [-0.25, -0.2) is 0 Å². The van der Waals surface area contributed by atoms with E-state index in [4.69, 9.17) is 0 Å². The van der Waals surface area contributed by atoms with Gasteiger partial charge < -0.3 is 10.2 Å². The van der Waals surface area contributed by atoms with Crippen LogP contribution in [0.5, 0.6) is 0 Å². The summed E-state index contributed by atoms with van der Waals surface area (Å²) in [6.07, 6.45) is 0.567. The van der Waals surface area contributed by atoms with Crippen LogP contribution in [0.1, 0.15) is 42.4 Å². The van der Waals surface area contributed by atoms with Gasteiger partial charge in [0.2, 0.25) is 23.6 Å². The maximum atomic E-state index is 13.1. The molecule has 0 aromatic heterocycles. The van der Waals surface area contributed by atoms with Gasteiger partial charge in [-0.1, -0.05) is 42.2 Å². The standard InChI is InChI=1S/C25H23N3O4/c29-22(14-16-27-23(30)11-12-24(27)31)26-15-13-25(32)28-17-20-7-2-1-5-18(20)9-10-19-6-3-4-8-21(19)28/h1-8H,11-17H2,(H,26,29). The molecule has 0 radical (unpaired) electrons. The molecule has 2 aromatic carbocycles. The molecule has 162 valence electrons. The van der Waals surface area contributed by atoms with E-state index < -0.39 is 0 Å². The van der Waals surface area contributed by atoms with Crippen LogP contribution in [-0.4, -0.2) is 41.6 Å². The number of para-hydroxylation sites is 1. The smallest absolute Gasteiger partial charge is 0.229 e. The van der Waals surface area contributed by atoms with Crippen molar-refractivity contribution in [1.82, 2.24) is 10.2 Å². The molecule has 0 aliphatic carbocycles. The van der Waals surface area contributed by atoms with Crippen LogP contribution in [0.4, 0.5) is 5.69 Å². The van der Waals surface area contributed by atoms with E-state index in [1.807, 2.05) is 48.5 Å². The van der Waals surface area contributed by atoms with Crippen LogP contribution in [0.2, 0.25) is 0 Å². The van der Waals surface area contributed by atoms with E-state index in [2.05, 4.69) is 17.2 Å². The highest BCUT2D eigenvalue weighted by molar-refractivity contribution is 6.02. The van der Waals surface area contributed by atoms with Crippen molar-refractivity contribution < 1.29 is 19.2 Å². The van der Waals surface area contributed by atoms with Gasteiger partial charge in [0.25, 0.3) is 0 Å². The van der Waals surface area contributed by atoms with Gasteiger partial charge in [0, 0.05) is 49.9 Å². The summed E-state index contributed by atoms with van der Waals surface area (Å²) in [5.74, 6) is 5.44. The Morgan fingerprint density at radius 1 is 0.875 bits per heavy atom. The fourth-order valence-electron chi connectivity index (χ4n) is 3.83. The number of hydrogen-bond donors (Lipinski definition) is 1. The monoisotopic (exact) mass is 429 g/mol. The maximum Gasteiger partial charge on any atom is 0.229 e. The van der Waals surface area contributed by atoms with Crippen molar-refractivity contribution in [2.24, 2.45) is 0 Å². The normalized spacial score (nSPS) is 14.6. The molecule has 0 unspecified atom stereocenters. The predicted molar refractivity (Wildman–Crippen MR) is 118 cm³/mol. The van der Waals surface area contributed by atoms with Crippen molar-refractivity contribution in [3.63, 3.8) is 0 Å². The Balaban J connectivity index is 1.38. The number of hydrogen-bond acceptors (Lipinski definition) is 4. The largest absolute Gasteiger partial charge is 0.356 e. The van der Waals surface area contributed by atoms with E-state index in [-0.39, 0.29) is 62.4 Å². The van der Waals surface area contributed by atoms with E-state index >= 15 is 0 Å². The fraction of sp³-hybridized carbons (Fsp3) is 0.280. The molecule has 1 fully saturated rings. The molecule has 0 bridgehead atoms. The molecule has 2 aromatic rings. The average Bonchev–Trinajstić information content (AvgIpc) is 3.11. The molecule has 4 rings (SSSR count). The van der Waals surface area contributed by atoms with Crippen LogP contribution in [0.3, 0.4) is 0 Å². The summed E-state index contributed by atoms with van der Waals surface area (Å²) in [4.78, 5) is 51.3. The van der Waals surface area contributed by atoms with Gasteiger partial charge in [-0.3, -0.25) is 24.1 Å². The van der Waals surface area contributed by atoms with Crippen LogP contribution in [-0.2, 0) is 25.7 Å². The lowest BCUT2D eigenvalue weighted by Gasteiger charge is -2.26. The Bertz CT molecular complexity index is 1130. The van der Waals surface area contributed by atoms with Gasteiger partial charge in [0.05, 0.1) is 12.2 Å². The van der Waals surface area contributed by atoms with Gasteiger partial charge in [-0.2, -0.15) is 0 Å². The molecule has 1 saturated heterocycles. The Hall–Kier alpha value is -3.92. The summed E-state index contributed by atoms with van der Waals surface area (Å²) in [7, 11) is 0. The third-order valence-electron chi connectivity index (χ3n) is 5.55. The summed E-state index contributed by atoms with van der Waals surface area (Å²) in [5, 5.41) is 2.71. The molecule has 0 spiro atoms. The van der Waals surface area contributed by atoms with Crippen LogP contribution in [0.15, 0.2) is 48.5 Å². The Labute approximate surface area is 186 Å². The zero-order chi connectivity index (χ0) is 22.5. The molecule has 2 aliphatic rings. The lowest BCUT2D eigenvalue weighted by atomic mass is 10.0. The number of nitrogens with one attached hydrogen (secondary N) is 1. The number of rotatable bonds is 6. The highest BCUT2D eigenvalue weighted by Gasteiger charge is 2.28. The van der Waals surface area contributed by atoms with Gasteiger partial charge >= 0.3 is 0 Å². The second-order valence-electron chi connectivity index (χ2n) is 7.69. The second-order valence-corrected chi connectivity index (χ2v) is 7.69. The maximum absolute atomic E-state index is 13.1. The highest BCUT2D eigenvalue weighted by atomic mass is 16.2. The molecular weight excluding hydrogens is 406 g/mol. The predicted octanol–water partition coefficient (Wildman–Crippen LogP) is 1.98. The summed E-state index contributed by atoms with van der Waals surface area (Å²) in [6.45, 7) is 0.645. The number of nitrogens with zero attached hydrogens (tertiary/aromatic N) is 2. The van der Waals surface area contributed by atoms with Crippen molar-refractivity contribution in [2.75, 3.05) is 18.0 Å². The summed E-state index contributed by atoms with van der Waals surface area (Å²) in [5.41, 5.74) is 3.38. The fourth-order valence-corrected chi connectivity index (χ4v) is 3.83. The highest BCUT2D eigenvalue weighted by Crippen LogP contribution is 2.25. The number of benzene rings is 2. The quantitative estimate of drug-likeness (QED) is 0.562. The Morgan fingerprint density at radius 3 is 2.31 bits per heavy atom. The van der Waals surface area contributed by atoms with Crippen molar-refractivity contribution in [2.45, 2.75) is 32.2 Å². The Morgan fingerprint density at radius 2 is 1.53 bits per heavy atom. The number of imide groups is 1. The molecule has 32 heavy (non-hydrogen) atoms. The zero-order valence-electron chi connectivity index (χ0n) is 17.6. The molecule has 7 nitrogen and oxygen atoms in total. The number of amides is 4.